The van der Waals surface area contributed by atoms with E-state index in [-0.39, 0.29) is 11.8 Å². The summed E-state index contributed by atoms with van der Waals surface area (Å²) >= 11 is 6.01. The Kier molecular flexibility index (Phi) is 2.80. The van der Waals surface area contributed by atoms with E-state index in [0.717, 1.165) is 0 Å². The molecule has 4 rings (SSSR count). The maximum Gasteiger partial charge on any atom is 0.275 e. The quantitative estimate of drug-likeness (QED) is 0.750. The third-order valence-corrected chi connectivity index (χ3v) is 4.30. The summed E-state index contributed by atoms with van der Waals surface area (Å²) in [6, 6.07) is 10.1. The van der Waals surface area contributed by atoms with Gasteiger partial charge in [0.1, 0.15) is 5.75 Å². The number of carbonyl (C=O) groups excluding carboxylic acids is 2. The van der Waals surface area contributed by atoms with Crippen molar-refractivity contribution in [2.75, 3.05) is 17.7 Å². The molecular formula is C16H12ClN3O3. The average molecular weight is 330 g/mol. The molecule has 0 bridgehead atoms. The molecular weight excluding hydrogens is 318 g/mol. The zero-order valence-electron chi connectivity index (χ0n) is 12.1. The van der Waals surface area contributed by atoms with Crippen LogP contribution < -0.4 is 20.7 Å². The Morgan fingerprint density at radius 1 is 1.04 bits per heavy atom. The fourth-order valence-corrected chi connectivity index (χ4v) is 3.13. The highest BCUT2D eigenvalue weighted by Gasteiger charge is 2.51. The molecule has 1 spiro atoms. The van der Waals surface area contributed by atoms with Gasteiger partial charge in [-0.25, -0.2) is 0 Å². The van der Waals surface area contributed by atoms with Crippen LogP contribution in [0, 0.1) is 0 Å². The van der Waals surface area contributed by atoms with Crippen LogP contribution in [0.4, 0.5) is 11.4 Å². The highest BCUT2D eigenvalue weighted by molar-refractivity contribution is 6.31. The zero-order valence-corrected chi connectivity index (χ0v) is 12.8. The van der Waals surface area contributed by atoms with Crippen molar-refractivity contribution >= 4 is 34.8 Å². The number of amides is 2. The number of benzene rings is 2. The molecule has 0 saturated carbocycles. The van der Waals surface area contributed by atoms with E-state index in [2.05, 4.69) is 16.0 Å². The van der Waals surface area contributed by atoms with E-state index in [1.807, 2.05) is 0 Å². The predicted octanol–water partition coefficient (Wildman–Crippen LogP) is 2.31. The number of carbonyl (C=O) groups is 2. The monoisotopic (exact) mass is 329 g/mol. The molecule has 2 aromatic rings. The van der Waals surface area contributed by atoms with Gasteiger partial charge in [-0.15, -0.1) is 0 Å². The van der Waals surface area contributed by atoms with Gasteiger partial charge in [0.2, 0.25) is 5.66 Å². The second-order valence-electron chi connectivity index (χ2n) is 5.38. The Morgan fingerprint density at radius 2 is 1.87 bits per heavy atom. The number of rotatable bonds is 1. The molecule has 116 valence electrons. The van der Waals surface area contributed by atoms with Gasteiger partial charge in [0.05, 0.1) is 24.0 Å². The highest BCUT2D eigenvalue weighted by atomic mass is 35.5. The molecule has 0 saturated heterocycles. The van der Waals surface area contributed by atoms with E-state index >= 15 is 0 Å². The van der Waals surface area contributed by atoms with Gasteiger partial charge in [-0.3, -0.25) is 9.59 Å². The fraction of sp³-hybridized carbons (Fsp3) is 0.125. The summed E-state index contributed by atoms with van der Waals surface area (Å²) in [6.07, 6.45) is 0. The van der Waals surface area contributed by atoms with Crippen LogP contribution in [-0.2, 0) is 10.5 Å². The first-order chi connectivity index (χ1) is 11.0. The first-order valence-corrected chi connectivity index (χ1v) is 7.31. The van der Waals surface area contributed by atoms with Gasteiger partial charge in [0.15, 0.2) is 0 Å². The zero-order chi connectivity index (χ0) is 16.2. The number of methoxy groups -OCH3 is 1. The second kappa shape index (κ2) is 4.63. The Balaban J connectivity index is 1.87. The van der Waals surface area contributed by atoms with Crippen LogP contribution in [-0.4, -0.2) is 18.9 Å². The fourth-order valence-electron chi connectivity index (χ4n) is 2.96. The highest BCUT2D eigenvalue weighted by Crippen LogP contribution is 2.41. The number of halogens is 1. The topological polar surface area (TPSA) is 79.5 Å². The molecule has 0 aromatic heterocycles. The Bertz CT molecular complexity index is 868. The molecule has 2 aliphatic heterocycles. The molecule has 0 fully saturated rings. The lowest BCUT2D eigenvalue weighted by Gasteiger charge is -2.35. The van der Waals surface area contributed by atoms with Crippen LogP contribution in [0.2, 0.25) is 5.02 Å². The average Bonchev–Trinajstić information content (AvgIpc) is 2.78. The lowest BCUT2D eigenvalue weighted by molar-refractivity contribution is -0.120. The molecule has 2 heterocycles. The normalized spacial score (nSPS) is 21.1. The SMILES string of the molecule is COc1ccc2c(c1)NC(=O)[C@]21NC(=O)c2ccc(Cl)cc2N1. The van der Waals surface area contributed by atoms with Crippen molar-refractivity contribution in [3.8, 4) is 5.75 Å². The van der Waals surface area contributed by atoms with Crippen molar-refractivity contribution in [1.82, 2.24) is 5.32 Å². The van der Waals surface area contributed by atoms with Crippen molar-refractivity contribution in [3.63, 3.8) is 0 Å². The van der Waals surface area contributed by atoms with Crippen LogP contribution >= 0.6 is 11.6 Å². The van der Waals surface area contributed by atoms with Gasteiger partial charge in [-0.1, -0.05) is 11.6 Å². The van der Waals surface area contributed by atoms with E-state index in [0.29, 0.717) is 33.3 Å². The molecule has 6 nitrogen and oxygen atoms in total. The van der Waals surface area contributed by atoms with Crippen LogP contribution in [0.15, 0.2) is 36.4 Å². The van der Waals surface area contributed by atoms with Gasteiger partial charge in [0, 0.05) is 16.7 Å². The van der Waals surface area contributed by atoms with E-state index in [1.54, 1.807) is 43.5 Å². The molecule has 0 aliphatic carbocycles. The van der Waals surface area contributed by atoms with Gasteiger partial charge in [-0.05, 0) is 30.3 Å². The van der Waals surface area contributed by atoms with Crippen LogP contribution in [0.3, 0.4) is 0 Å². The summed E-state index contributed by atoms with van der Waals surface area (Å²) in [5.41, 5.74) is 0.820. The summed E-state index contributed by atoms with van der Waals surface area (Å²) < 4.78 is 5.17. The molecule has 0 unspecified atom stereocenters. The smallest absolute Gasteiger partial charge is 0.275 e. The van der Waals surface area contributed by atoms with Crippen molar-refractivity contribution in [2.45, 2.75) is 5.66 Å². The van der Waals surface area contributed by atoms with Crippen molar-refractivity contribution in [1.29, 1.82) is 0 Å². The summed E-state index contributed by atoms with van der Waals surface area (Å²) in [5.74, 6) is -0.0827. The molecule has 1 atom stereocenters. The number of fused-ring (bicyclic) bond motifs is 3. The molecule has 2 aromatic carbocycles. The number of nitrogens with one attached hydrogen (secondary N) is 3. The minimum Gasteiger partial charge on any atom is -0.497 e. The maximum atomic E-state index is 12.6. The van der Waals surface area contributed by atoms with Gasteiger partial charge in [-0.2, -0.15) is 0 Å². The number of anilines is 2. The van der Waals surface area contributed by atoms with E-state index < -0.39 is 5.66 Å². The van der Waals surface area contributed by atoms with Gasteiger partial charge >= 0.3 is 0 Å². The van der Waals surface area contributed by atoms with Crippen LogP contribution in [0.1, 0.15) is 15.9 Å². The Hall–Kier alpha value is -2.73. The van der Waals surface area contributed by atoms with E-state index in [1.165, 1.54) is 0 Å². The minimum absolute atomic E-state index is 0.339. The maximum absolute atomic E-state index is 12.6. The summed E-state index contributed by atoms with van der Waals surface area (Å²) in [6.45, 7) is 0. The van der Waals surface area contributed by atoms with Gasteiger partial charge in [0.25, 0.3) is 11.8 Å². The lowest BCUT2D eigenvalue weighted by Crippen LogP contribution is -2.59. The third kappa shape index (κ3) is 1.88. The Morgan fingerprint density at radius 3 is 2.65 bits per heavy atom. The molecule has 7 heteroatoms. The van der Waals surface area contributed by atoms with E-state index in [4.69, 9.17) is 16.3 Å². The molecule has 0 radical (unpaired) electrons. The van der Waals surface area contributed by atoms with Gasteiger partial charge < -0.3 is 20.7 Å². The number of ether oxygens (including phenoxy) is 1. The number of hydrogen-bond donors (Lipinski definition) is 3. The molecule has 3 N–H and O–H groups in total. The van der Waals surface area contributed by atoms with Crippen molar-refractivity contribution < 1.29 is 14.3 Å². The molecule has 2 aliphatic rings. The first-order valence-electron chi connectivity index (χ1n) is 6.94. The van der Waals surface area contributed by atoms with Crippen LogP contribution in [0.25, 0.3) is 0 Å². The number of hydrogen-bond acceptors (Lipinski definition) is 4. The Labute approximate surface area is 136 Å². The van der Waals surface area contributed by atoms with Crippen molar-refractivity contribution in [2.24, 2.45) is 0 Å². The molecule has 23 heavy (non-hydrogen) atoms. The van der Waals surface area contributed by atoms with Crippen molar-refractivity contribution in [3.05, 3.63) is 52.5 Å². The standard InChI is InChI=1S/C16H12ClN3O3/c1-23-9-3-5-11-13(7-9)18-15(22)16(11)19-12-6-8(17)2-4-10(12)14(21)20-16/h2-7,19H,1H3,(H,18,22)(H,20,21)/t16-/m1/s1. The largest absolute Gasteiger partial charge is 0.497 e. The summed E-state index contributed by atoms with van der Waals surface area (Å²) in [4.78, 5) is 25.0. The van der Waals surface area contributed by atoms with E-state index in [9.17, 15) is 9.59 Å². The minimum atomic E-state index is -1.35. The third-order valence-electron chi connectivity index (χ3n) is 4.07. The lowest BCUT2D eigenvalue weighted by atomic mass is 9.95. The first kappa shape index (κ1) is 13.9. The predicted molar refractivity (Wildman–Crippen MR) is 85.8 cm³/mol. The van der Waals surface area contributed by atoms with Crippen LogP contribution in [0.5, 0.6) is 5.75 Å². The second-order valence-corrected chi connectivity index (χ2v) is 5.82. The summed E-state index contributed by atoms with van der Waals surface area (Å²) in [7, 11) is 1.55. The summed E-state index contributed by atoms with van der Waals surface area (Å²) in [5, 5.41) is 9.13. The molecule has 2 amide bonds.